The van der Waals surface area contributed by atoms with E-state index in [1.165, 1.54) is 51.4 Å². The summed E-state index contributed by atoms with van der Waals surface area (Å²) in [5, 5.41) is 0.735. The third-order valence-corrected chi connectivity index (χ3v) is 7.72. The van der Waals surface area contributed by atoms with Crippen LogP contribution < -0.4 is 9.26 Å². The summed E-state index contributed by atoms with van der Waals surface area (Å²) in [7, 11) is -3.08. The largest absolute Gasteiger partial charge is 0.527 e. The van der Waals surface area contributed by atoms with Gasteiger partial charge in [0.25, 0.3) is 0 Å². The van der Waals surface area contributed by atoms with E-state index in [0.717, 1.165) is 48.4 Å². The van der Waals surface area contributed by atoms with E-state index in [4.69, 9.17) is 9.26 Å². The van der Waals surface area contributed by atoms with Gasteiger partial charge in [0.05, 0.1) is 6.10 Å². The highest BCUT2D eigenvalue weighted by atomic mass is 79.9. The van der Waals surface area contributed by atoms with E-state index in [2.05, 4.69) is 40.4 Å². The fraction of sp³-hybridized carbons (Fsp3) is 0.571. The molecule has 0 aromatic heterocycles. The van der Waals surface area contributed by atoms with E-state index in [9.17, 15) is 9.46 Å². The fourth-order valence-electron chi connectivity index (χ4n) is 4.12. The van der Waals surface area contributed by atoms with E-state index in [-0.39, 0.29) is 11.9 Å². The molecular formula is C28H42BrO5P. The van der Waals surface area contributed by atoms with Crippen LogP contribution in [0.25, 0.3) is 11.1 Å². The van der Waals surface area contributed by atoms with Gasteiger partial charge in [-0.3, -0.25) is 9.42 Å². The van der Waals surface area contributed by atoms with Crippen LogP contribution in [0, 0.1) is 0 Å². The second-order valence-corrected chi connectivity index (χ2v) is 11.0. The molecule has 0 aliphatic rings. The molecule has 196 valence electrons. The van der Waals surface area contributed by atoms with Crippen molar-refractivity contribution in [3.8, 4) is 22.6 Å². The summed E-state index contributed by atoms with van der Waals surface area (Å²) in [6.45, 7) is 4.36. The van der Waals surface area contributed by atoms with Crippen LogP contribution in [-0.4, -0.2) is 18.1 Å². The van der Waals surface area contributed by atoms with E-state index < -0.39 is 7.82 Å². The van der Waals surface area contributed by atoms with Crippen LogP contribution in [0.5, 0.6) is 11.5 Å². The second-order valence-electron chi connectivity index (χ2n) is 8.97. The molecular weight excluding hydrogens is 527 g/mol. The zero-order valence-corrected chi connectivity index (χ0v) is 24.0. The first-order valence-electron chi connectivity index (χ1n) is 13.0. The monoisotopic (exact) mass is 568 g/mol. The summed E-state index contributed by atoms with van der Waals surface area (Å²) in [5.41, 5.74) is 2.92. The number of hydrogen-bond donors (Lipinski definition) is 1. The van der Waals surface area contributed by atoms with Gasteiger partial charge < -0.3 is 9.26 Å². The maximum absolute atomic E-state index is 12.2. The maximum atomic E-state index is 12.2. The van der Waals surface area contributed by atoms with E-state index in [1.54, 1.807) is 12.1 Å². The van der Waals surface area contributed by atoms with E-state index in [1.807, 2.05) is 24.3 Å². The van der Waals surface area contributed by atoms with Gasteiger partial charge in [0.2, 0.25) is 0 Å². The molecule has 1 N–H and O–H groups in total. The summed E-state index contributed by atoms with van der Waals surface area (Å²) >= 11 is 3.52. The number of ether oxygens (including phenoxy) is 1. The molecule has 2 rings (SSSR count). The van der Waals surface area contributed by atoms with Crippen LogP contribution in [0.15, 0.2) is 42.5 Å². The highest BCUT2D eigenvalue weighted by molar-refractivity contribution is 9.08. The second kappa shape index (κ2) is 16.4. The highest BCUT2D eigenvalue weighted by Gasteiger charge is 2.25. The van der Waals surface area contributed by atoms with Crippen molar-refractivity contribution in [3.05, 3.63) is 48.0 Å². The molecule has 2 aromatic rings. The molecule has 2 atom stereocenters. The quantitative estimate of drug-likeness (QED) is 0.110. The average molecular weight is 570 g/mol. The molecule has 0 spiro atoms. The molecule has 0 bridgehead atoms. The van der Waals surface area contributed by atoms with Gasteiger partial charge in [-0.25, -0.2) is 4.57 Å². The molecule has 0 fully saturated rings. The van der Waals surface area contributed by atoms with Gasteiger partial charge in [-0.15, -0.1) is 0 Å². The van der Waals surface area contributed by atoms with Crippen molar-refractivity contribution in [2.75, 3.05) is 7.11 Å². The van der Waals surface area contributed by atoms with Crippen molar-refractivity contribution >= 4 is 23.8 Å². The Kier molecular flexibility index (Phi) is 14.0. The Hall–Kier alpha value is -1.33. The van der Waals surface area contributed by atoms with Crippen molar-refractivity contribution in [1.82, 2.24) is 0 Å². The summed E-state index contributed by atoms with van der Waals surface area (Å²) in [4.78, 5) is 9.98. The van der Waals surface area contributed by atoms with Crippen molar-refractivity contribution in [2.24, 2.45) is 0 Å². The zero-order chi connectivity index (χ0) is 25.5. The Bertz CT molecular complexity index is 920. The van der Waals surface area contributed by atoms with Crippen molar-refractivity contribution < 1.29 is 23.2 Å². The number of rotatable bonds is 18. The minimum absolute atomic E-state index is 0.0111. The Morgan fingerprint density at radius 2 is 1.60 bits per heavy atom. The number of alkyl halides is 1. The molecule has 2 aromatic carbocycles. The number of para-hydroxylation sites is 1. The number of halogens is 1. The summed E-state index contributed by atoms with van der Waals surface area (Å²) in [6, 6.07) is 13.5. The summed E-state index contributed by atoms with van der Waals surface area (Å²) in [5.74, 6) is 0.693. The van der Waals surface area contributed by atoms with Gasteiger partial charge in [-0.2, -0.15) is 0 Å². The average Bonchev–Trinajstić information content (AvgIpc) is 2.87. The van der Waals surface area contributed by atoms with E-state index >= 15 is 0 Å². The lowest BCUT2D eigenvalue weighted by Crippen LogP contribution is -2.16. The van der Waals surface area contributed by atoms with Crippen molar-refractivity contribution in [3.63, 3.8) is 0 Å². The fourth-order valence-corrected chi connectivity index (χ4v) is 4.93. The summed E-state index contributed by atoms with van der Waals surface area (Å²) < 4.78 is 28.8. The Morgan fingerprint density at radius 3 is 2.23 bits per heavy atom. The first-order chi connectivity index (χ1) is 16.9. The van der Waals surface area contributed by atoms with Crippen LogP contribution in [0.2, 0.25) is 0 Å². The lowest BCUT2D eigenvalue weighted by Gasteiger charge is -2.23. The number of phosphoric ester groups is 1. The molecule has 0 aliphatic carbocycles. The van der Waals surface area contributed by atoms with Crippen LogP contribution in [0.4, 0.5) is 0 Å². The SMILES string of the molecule is CCCCCCCCCCCC(CC)Oc1c(OP(=O)(O)OC)cccc1-c1cccc(CBr)c1. The van der Waals surface area contributed by atoms with E-state index in [0.29, 0.717) is 5.75 Å². The summed E-state index contributed by atoms with van der Waals surface area (Å²) in [6.07, 6.45) is 13.3. The smallest absolute Gasteiger partial charge is 0.486 e. The van der Waals surface area contributed by atoms with Crippen LogP contribution >= 0.6 is 23.8 Å². The standard InChI is InChI=1S/C28H42BrO5P/c1-4-6-7-8-9-10-11-12-13-18-25(5-2)33-28-26(24-17-14-16-23(21-24)22-29)19-15-20-27(28)34-35(30,31)32-3/h14-17,19-21,25H,4-13,18,22H2,1-3H3,(H,30,31). The van der Waals surface area contributed by atoms with Gasteiger partial charge in [-0.05, 0) is 36.5 Å². The van der Waals surface area contributed by atoms with Gasteiger partial charge in [0, 0.05) is 18.0 Å². The zero-order valence-electron chi connectivity index (χ0n) is 21.5. The number of phosphoric acid groups is 1. The highest BCUT2D eigenvalue weighted by Crippen LogP contribution is 2.49. The molecule has 5 nitrogen and oxygen atoms in total. The van der Waals surface area contributed by atoms with Gasteiger partial charge >= 0.3 is 7.82 Å². The van der Waals surface area contributed by atoms with Crippen LogP contribution in [-0.2, 0) is 14.4 Å². The predicted molar refractivity (Wildman–Crippen MR) is 149 cm³/mol. The molecule has 2 unspecified atom stereocenters. The first-order valence-corrected chi connectivity index (χ1v) is 15.6. The molecule has 7 heteroatoms. The first kappa shape index (κ1) is 29.9. The van der Waals surface area contributed by atoms with Crippen LogP contribution in [0.1, 0.15) is 90.0 Å². The lowest BCUT2D eigenvalue weighted by atomic mass is 10.0. The lowest BCUT2D eigenvalue weighted by molar-refractivity contribution is 0.175. The predicted octanol–water partition coefficient (Wildman–Crippen LogP) is 9.45. The van der Waals surface area contributed by atoms with Crippen molar-refractivity contribution in [2.45, 2.75) is 95.9 Å². The van der Waals surface area contributed by atoms with Gasteiger partial charge in [0.1, 0.15) is 0 Å². The van der Waals surface area contributed by atoms with Gasteiger partial charge in [-0.1, -0.05) is 118 Å². The third-order valence-electron chi connectivity index (χ3n) is 6.19. The molecule has 0 heterocycles. The Balaban J connectivity index is 2.12. The maximum Gasteiger partial charge on any atom is 0.527 e. The molecule has 0 saturated heterocycles. The Morgan fingerprint density at radius 1 is 0.943 bits per heavy atom. The molecule has 35 heavy (non-hydrogen) atoms. The molecule has 0 radical (unpaired) electrons. The van der Waals surface area contributed by atoms with Crippen LogP contribution in [0.3, 0.4) is 0 Å². The molecule has 0 amide bonds. The number of hydrogen-bond acceptors (Lipinski definition) is 4. The molecule has 0 aliphatic heterocycles. The molecule has 0 saturated carbocycles. The topological polar surface area (TPSA) is 65.0 Å². The Labute approximate surface area is 220 Å². The number of unbranched alkanes of at least 4 members (excludes halogenated alkanes) is 8. The third kappa shape index (κ3) is 10.7. The van der Waals surface area contributed by atoms with Crippen molar-refractivity contribution in [1.29, 1.82) is 0 Å². The minimum atomic E-state index is -4.23. The minimum Gasteiger partial charge on any atom is -0.486 e. The van der Waals surface area contributed by atoms with Gasteiger partial charge in [0.15, 0.2) is 11.5 Å². The normalized spacial score (nSPS) is 13.9. The number of benzene rings is 2.